The first-order valence-corrected chi connectivity index (χ1v) is 12.9. The van der Waals surface area contributed by atoms with Gasteiger partial charge in [0.25, 0.3) is 0 Å². The SMILES string of the molecule is COc1ccc(-c2ccc(C#N)c(SC(C)C(=O)Nc3nc(-c4ccc(OC)c(OC)c4)cs3)n2)cc1. The highest BCUT2D eigenvalue weighted by molar-refractivity contribution is 8.00. The van der Waals surface area contributed by atoms with Crippen LogP contribution in [0.1, 0.15) is 12.5 Å². The van der Waals surface area contributed by atoms with Crippen LogP contribution in [0, 0.1) is 11.3 Å². The van der Waals surface area contributed by atoms with Gasteiger partial charge in [-0.25, -0.2) is 9.97 Å². The van der Waals surface area contributed by atoms with E-state index in [0.29, 0.717) is 38.6 Å². The van der Waals surface area contributed by atoms with Crippen LogP contribution in [-0.2, 0) is 4.79 Å². The molecular formula is C27H24N4O4S2. The number of amides is 1. The van der Waals surface area contributed by atoms with Gasteiger partial charge in [-0.2, -0.15) is 5.26 Å². The van der Waals surface area contributed by atoms with E-state index in [0.717, 1.165) is 16.9 Å². The van der Waals surface area contributed by atoms with Crippen molar-refractivity contribution in [3.8, 4) is 45.8 Å². The molecule has 10 heteroatoms. The standard InChI is InChI=1S/C27H24N4O4S2/c1-16(37-26-19(14-28)7-11-21(29-26)17-5-9-20(33-2)10-6-17)25(32)31-27-30-22(15-36-27)18-8-12-23(34-3)24(13-18)35-4/h5-13,15-16H,1-4H3,(H,30,31,32). The van der Waals surface area contributed by atoms with E-state index in [1.807, 2.05) is 47.8 Å². The van der Waals surface area contributed by atoms with Crippen LogP contribution in [0.2, 0.25) is 0 Å². The van der Waals surface area contributed by atoms with Gasteiger partial charge in [-0.05, 0) is 61.5 Å². The Balaban J connectivity index is 1.47. The fourth-order valence-corrected chi connectivity index (χ4v) is 5.04. The number of benzene rings is 2. The summed E-state index contributed by atoms with van der Waals surface area (Å²) in [6.07, 6.45) is 0. The summed E-state index contributed by atoms with van der Waals surface area (Å²) in [6, 6.07) is 18.7. The lowest BCUT2D eigenvalue weighted by Crippen LogP contribution is -2.22. The Bertz CT molecular complexity index is 1450. The molecule has 0 saturated heterocycles. The number of hydrogen-bond donors (Lipinski definition) is 1. The maximum atomic E-state index is 12.9. The Morgan fingerprint density at radius 3 is 2.35 bits per heavy atom. The second-order valence-electron chi connectivity index (χ2n) is 7.75. The average molecular weight is 533 g/mol. The molecule has 2 heterocycles. The normalized spacial score (nSPS) is 11.3. The van der Waals surface area contributed by atoms with E-state index in [1.165, 1.54) is 23.1 Å². The number of aromatic nitrogens is 2. The van der Waals surface area contributed by atoms with Crippen LogP contribution in [0.3, 0.4) is 0 Å². The number of rotatable bonds is 9. The molecule has 0 fully saturated rings. The lowest BCUT2D eigenvalue weighted by Gasteiger charge is -2.12. The van der Waals surface area contributed by atoms with Crippen molar-refractivity contribution in [2.45, 2.75) is 17.2 Å². The van der Waals surface area contributed by atoms with Crippen LogP contribution < -0.4 is 19.5 Å². The second kappa shape index (κ2) is 11.8. The van der Waals surface area contributed by atoms with Crippen molar-refractivity contribution in [2.24, 2.45) is 0 Å². The molecule has 1 N–H and O–H groups in total. The molecule has 188 valence electrons. The summed E-state index contributed by atoms with van der Waals surface area (Å²) < 4.78 is 15.9. The zero-order valence-electron chi connectivity index (χ0n) is 20.6. The molecule has 4 rings (SSSR count). The van der Waals surface area contributed by atoms with Crippen molar-refractivity contribution in [3.05, 3.63) is 65.5 Å². The van der Waals surface area contributed by atoms with Crippen molar-refractivity contribution in [1.82, 2.24) is 9.97 Å². The van der Waals surface area contributed by atoms with Crippen molar-refractivity contribution < 1.29 is 19.0 Å². The number of thioether (sulfide) groups is 1. The number of pyridine rings is 1. The van der Waals surface area contributed by atoms with E-state index >= 15 is 0 Å². The van der Waals surface area contributed by atoms with Gasteiger partial charge in [0.05, 0.1) is 43.5 Å². The number of carbonyl (C=O) groups is 1. The number of carbonyl (C=O) groups excluding carboxylic acids is 1. The lowest BCUT2D eigenvalue weighted by atomic mass is 10.1. The minimum absolute atomic E-state index is 0.237. The van der Waals surface area contributed by atoms with Gasteiger partial charge >= 0.3 is 0 Å². The number of nitrogens with one attached hydrogen (secondary N) is 1. The molecular weight excluding hydrogens is 508 g/mol. The third-order valence-corrected chi connectivity index (χ3v) is 7.30. The second-order valence-corrected chi connectivity index (χ2v) is 9.93. The van der Waals surface area contributed by atoms with Gasteiger partial charge in [0.15, 0.2) is 16.6 Å². The topological polar surface area (TPSA) is 106 Å². The largest absolute Gasteiger partial charge is 0.497 e. The highest BCUT2D eigenvalue weighted by Crippen LogP contribution is 2.34. The molecule has 1 amide bonds. The number of thiazole rings is 1. The molecule has 0 saturated carbocycles. The molecule has 1 atom stereocenters. The minimum Gasteiger partial charge on any atom is -0.497 e. The smallest absolute Gasteiger partial charge is 0.239 e. The van der Waals surface area contributed by atoms with Crippen LogP contribution in [0.5, 0.6) is 17.2 Å². The zero-order valence-corrected chi connectivity index (χ0v) is 22.3. The summed E-state index contributed by atoms with van der Waals surface area (Å²) in [5.74, 6) is 1.73. The van der Waals surface area contributed by atoms with Gasteiger partial charge in [-0.15, -0.1) is 11.3 Å². The quantitative estimate of drug-likeness (QED) is 0.266. The Morgan fingerprint density at radius 2 is 1.68 bits per heavy atom. The van der Waals surface area contributed by atoms with Crippen LogP contribution in [0.25, 0.3) is 22.5 Å². The molecule has 0 spiro atoms. The fraction of sp³-hybridized carbons (Fsp3) is 0.185. The van der Waals surface area contributed by atoms with E-state index in [1.54, 1.807) is 40.4 Å². The van der Waals surface area contributed by atoms with Gasteiger partial charge in [-0.3, -0.25) is 4.79 Å². The van der Waals surface area contributed by atoms with Crippen LogP contribution in [0.15, 0.2) is 65.0 Å². The van der Waals surface area contributed by atoms with Crippen LogP contribution in [-0.4, -0.2) is 42.5 Å². The highest BCUT2D eigenvalue weighted by Gasteiger charge is 2.20. The molecule has 0 aliphatic carbocycles. The molecule has 37 heavy (non-hydrogen) atoms. The maximum absolute atomic E-state index is 12.9. The first-order chi connectivity index (χ1) is 17.9. The third kappa shape index (κ3) is 6.02. The minimum atomic E-state index is -0.515. The highest BCUT2D eigenvalue weighted by atomic mass is 32.2. The van der Waals surface area contributed by atoms with Gasteiger partial charge < -0.3 is 19.5 Å². The summed E-state index contributed by atoms with van der Waals surface area (Å²) in [6.45, 7) is 1.77. The van der Waals surface area contributed by atoms with Crippen LogP contribution in [0.4, 0.5) is 5.13 Å². The molecule has 4 aromatic rings. The van der Waals surface area contributed by atoms with Crippen molar-refractivity contribution in [1.29, 1.82) is 5.26 Å². The summed E-state index contributed by atoms with van der Waals surface area (Å²) in [7, 11) is 4.77. The molecule has 2 aromatic heterocycles. The third-order valence-electron chi connectivity index (χ3n) is 5.44. The molecule has 8 nitrogen and oxygen atoms in total. The van der Waals surface area contributed by atoms with E-state index < -0.39 is 5.25 Å². The molecule has 1 unspecified atom stereocenters. The van der Waals surface area contributed by atoms with Crippen LogP contribution >= 0.6 is 23.1 Å². The fourth-order valence-electron chi connectivity index (χ4n) is 3.43. The predicted octanol–water partition coefficient (Wildman–Crippen LogP) is 5.89. The Morgan fingerprint density at radius 1 is 0.946 bits per heavy atom. The molecule has 0 bridgehead atoms. The van der Waals surface area contributed by atoms with E-state index in [9.17, 15) is 10.1 Å². The number of methoxy groups -OCH3 is 3. The molecule has 0 aliphatic heterocycles. The Labute approximate surface area is 223 Å². The predicted molar refractivity (Wildman–Crippen MR) is 146 cm³/mol. The van der Waals surface area contributed by atoms with Gasteiger partial charge in [0.2, 0.25) is 5.91 Å². The average Bonchev–Trinajstić information content (AvgIpc) is 3.41. The number of anilines is 1. The van der Waals surface area contributed by atoms with Gasteiger partial charge in [0, 0.05) is 16.5 Å². The maximum Gasteiger partial charge on any atom is 0.239 e. The molecule has 0 aliphatic rings. The van der Waals surface area contributed by atoms with E-state index in [-0.39, 0.29) is 5.91 Å². The summed E-state index contributed by atoms with van der Waals surface area (Å²) >= 11 is 2.55. The lowest BCUT2D eigenvalue weighted by molar-refractivity contribution is -0.115. The molecule has 2 aromatic carbocycles. The van der Waals surface area contributed by atoms with Gasteiger partial charge in [0.1, 0.15) is 16.8 Å². The number of ether oxygens (including phenoxy) is 3. The number of nitriles is 1. The molecule has 0 radical (unpaired) electrons. The Hall–Kier alpha value is -4.07. The summed E-state index contributed by atoms with van der Waals surface area (Å²) in [5, 5.41) is 14.8. The number of hydrogen-bond acceptors (Lipinski definition) is 9. The van der Waals surface area contributed by atoms with Crippen molar-refractivity contribution >= 4 is 34.1 Å². The van der Waals surface area contributed by atoms with Crippen molar-refractivity contribution in [2.75, 3.05) is 26.6 Å². The van der Waals surface area contributed by atoms with E-state index in [2.05, 4.69) is 21.4 Å². The summed E-state index contributed by atoms with van der Waals surface area (Å²) in [5.41, 5.74) is 3.55. The van der Waals surface area contributed by atoms with Gasteiger partial charge in [-0.1, -0.05) is 11.8 Å². The monoisotopic (exact) mass is 532 g/mol. The number of nitrogens with zero attached hydrogens (tertiary/aromatic N) is 3. The zero-order chi connectivity index (χ0) is 26.4. The van der Waals surface area contributed by atoms with Crippen molar-refractivity contribution in [3.63, 3.8) is 0 Å². The first kappa shape index (κ1) is 26.0. The van der Waals surface area contributed by atoms with E-state index in [4.69, 9.17) is 14.2 Å². The first-order valence-electron chi connectivity index (χ1n) is 11.2. The summed E-state index contributed by atoms with van der Waals surface area (Å²) in [4.78, 5) is 22.1. The Kier molecular flexibility index (Phi) is 8.28.